The fraction of sp³-hybridized carbons (Fsp3) is 0.385. The molecule has 7 heteroatoms. The molecule has 1 atom stereocenters. The van der Waals surface area contributed by atoms with Gasteiger partial charge in [-0.2, -0.15) is 0 Å². The summed E-state index contributed by atoms with van der Waals surface area (Å²) in [6.07, 6.45) is 0.137. The first-order chi connectivity index (χ1) is 9.38. The lowest BCUT2D eigenvalue weighted by Crippen LogP contribution is -2.13. The number of nitrogens with zero attached hydrogens (tertiary/aromatic N) is 2. The Morgan fingerprint density at radius 1 is 1.40 bits per heavy atom. The Bertz CT molecular complexity index is 653. The number of aryl methyl sites for hydroxylation is 1. The van der Waals surface area contributed by atoms with Gasteiger partial charge in [-0.15, -0.1) is 0 Å². The summed E-state index contributed by atoms with van der Waals surface area (Å²) in [7, 11) is 0. The van der Waals surface area contributed by atoms with Crippen LogP contribution >= 0.6 is 0 Å². The maximum atomic E-state index is 13.3. The Kier molecular flexibility index (Phi) is 3.99. The van der Waals surface area contributed by atoms with Gasteiger partial charge in [-0.1, -0.05) is 0 Å². The summed E-state index contributed by atoms with van der Waals surface area (Å²) in [6.45, 7) is 1.21. The second kappa shape index (κ2) is 5.54. The number of carboxylic acid groups (broad SMARTS) is 1. The summed E-state index contributed by atoms with van der Waals surface area (Å²) in [5.41, 5.74) is 0.428. The van der Waals surface area contributed by atoms with Crippen molar-refractivity contribution in [3.63, 3.8) is 0 Å². The molecule has 0 aliphatic heterocycles. The highest BCUT2D eigenvalue weighted by Crippen LogP contribution is 2.21. The van der Waals surface area contributed by atoms with Crippen molar-refractivity contribution in [1.82, 2.24) is 9.55 Å². The fourth-order valence-corrected chi connectivity index (χ4v) is 2.01. The molecule has 1 aromatic carbocycles. The lowest BCUT2D eigenvalue weighted by molar-refractivity contribution is -0.137. The summed E-state index contributed by atoms with van der Waals surface area (Å²) in [5, 5.41) is 18.2. The lowest BCUT2D eigenvalue weighted by Gasteiger charge is -2.07. The Morgan fingerprint density at radius 3 is 2.65 bits per heavy atom. The van der Waals surface area contributed by atoms with E-state index in [9.17, 15) is 18.7 Å². The van der Waals surface area contributed by atoms with Crippen LogP contribution in [0.25, 0.3) is 11.0 Å². The molecular weight excluding hydrogens is 270 g/mol. The quantitative estimate of drug-likeness (QED) is 0.876. The van der Waals surface area contributed by atoms with Crippen LogP contribution in [0.15, 0.2) is 12.1 Å². The van der Waals surface area contributed by atoms with Crippen molar-refractivity contribution >= 4 is 17.0 Å². The predicted molar refractivity (Wildman–Crippen MR) is 67.3 cm³/mol. The van der Waals surface area contributed by atoms with Crippen molar-refractivity contribution in [2.75, 3.05) is 0 Å². The van der Waals surface area contributed by atoms with Crippen molar-refractivity contribution in [3.05, 3.63) is 29.6 Å². The van der Waals surface area contributed by atoms with Gasteiger partial charge in [0.25, 0.3) is 0 Å². The maximum Gasteiger partial charge on any atom is 0.323 e. The van der Waals surface area contributed by atoms with E-state index in [-0.39, 0.29) is 11.0 Å². The van der Waals surface area contributed by atoms with Gasteiger partial charge < -0.3 is 14.8 Å². The normalized spacial score (nSPS) is 12.8. The largest absolute Gasteiger partial charge is 0.480 e. The SMILES string of the molecule is CC(O)CCc1nc2cc(F)c(F)cc2n1CC(=O)O. The van der Waals surface area contributed by atoms with Crippen LogP contribution in [-0.4, -0.2) is 31.8 Å². The van der Waals surface area contributed by atoms with E-state index in [4.69, 9.17) is 5.11 Å². The number of aromatic nitrogens is 2. The number of aliphatic hydroxyl groups is 1. The van der Waals surface area contributed by atoms with Crippen LogP contribution in [0.1, 0.15) is 19.2 Å². The lowest BCUT2D eigenvalue weighted by atomic mass is 10.2. The smallest absolute Gasteiger partial charge is 0.323 e. The number of rotatable bonds is 5. The Labute approximate surface area is 113 Å². The number of hydrogen-bond acceptors (Lipinski definition) is 3. The van der Waals surface area contributed by atoms with Crippen LogP contribution in [0.3, 0.4) is 0 Å². The highest BCUT2D eigenvalue weighted by atomic mass is 19.2. The van der Waals surface area contributed by atoms with Gasteiger partial charge in [0.2, 0.25) is 0 Å². The topological polar surface area (TPSA) is 75.4 Å². The van der Waals surface area contributed by atoms with Crippen LogP contribution < -0.4 is 0 Å². The van der Waals surface area contributed by atoms with Gasteiger partial charge in [0, 0.05) is 18.6 Å². The van der Waals surface area contributed by atoms with Crippen molar-refractivity contribution in [2.24, 2.45) is 0 Å². The molecule has 0 aliphatic rings. The number of imidazole rings is 1. The van der Waals surface area contributed by atoms with E-state index < -0.39 is 30.3 Å². The van der Waals surface area contributed by atoms with E-state index in [1.165, 1.54) is 4.57 Å². The molecule has 1 aromatic heterocycles. The third-order valence-electron chi connectivity index (χ3n) is 2.95. The third kappa shape index (κ3) is 2.93. The zero-order valence-corrected chi connectivity index (χ0v) is 10.8. The van der Waals surface area contributed by atoms with Crippen molar-refractivity contribution in [2.45, 2.75) is 32.4 Å². The molecule has 20 heavy (non-hydrogen) atoms. The van der Waals surface area contributed by atoms with Crippen LogP contribution in [0.2, 0.25) is 0 Å². The van der Waals surface area contributed by atoms with Crippen molar-refractivity contribution in [1.29, 1.82) is 0 Å². The molecule has 2 rings (SSSR count). The molecule has 0 fully saturated rings. The number of hydrogen-bond donors (Lipinski definition) is 2. The summed E-state index contributed by atoms with van der Waals surface area (Å²) in [5.74, 6) is -2.80. The predicted octanol–water partition coefficient (Wildman–Crippen LogP) is 1.71. The highest BCUT2D eigenvalue weighted by Gasteiger charge is 2.16. The van der Waals surface area contributed by atoms with Crippen LogP contribution in [0.4, 0.5) is 8.78 Å². The number of halogens is 2. The molecule has 0 bridgehead atoms. The zero-order chi connectivity index (χ0) is 14.9. The fourth-order valence-electron chi connectivity index (χ4n) is 2.01. The Hall–Kier alpha value is -2.02. The summed E-state index contributed by atoms with van der Waals surface area (Å²) < 4.78 is 27.8. The molecule has 108 valence electrons. The number of benzene rings is 1. The Balaban J connectivity index is 2.51. The van der Waals surface area contributed by atoms with E-state index in [0.29, 0.717) is 18.7 Å². The highest BCUT2D eigenvalue weighted by molar-refractivity contribution is 5.78. The van der Waals surface area contributed by atoms with Gasteiger partial charge >= 0.3 is 5.97 Å². The van der Waals surface area contributed by atoms with E-state index >= 15 is 0 Å². The molecule has 0 saturated carbocycles. The second-order valence-corrected chi connectivity index (χ2v) is 4.65. The molecule has 1 heterocycles. The zero-order valence-electron chi connectivity index (χ0n) is 10.8. The molecule has 2 N–H and O–H groups in total. The number of carbonyl (C=O) groups is 1. The van der Waals surface area contributed by atoms with Gasteiger partial charge in [0.05, 0.1) is 17.1 Å². The van der Waals surface area contributed by atoms with Gasteiger partial charge in [-0.05, 0) is 13.3 Å². The van der Waals surface area contributed by atoms with Crippen molar-refractivity contribution < 1.29 is 23.8 Å². The first-order valence-corrected chi connectivity index (χ1v) is 6.12. The summed E-state index contributed by atoms with van der Waals surface area (Å²) in [4.78, 5) is 15.0. The maximum absolute atomic E-state index is 13.3. The molecule has 0 saturated heterocycles. The number of aliphatic carboxylic acids is 1. The average Bonchev–Trinajstić information content (AvgIpc) is 2.65. The van der Waals surface area contributed by atoms with Crippen molar-refractivity contribution in [3.8, 4) is 0 Å². The summed E-state index contributed by atoms with van der Waals surface area (Å²) in [6, 6.07) is 1.88. The van der Waals surface area contributed by atoms with E-state index in [0.717, 1.165) is 12.1 Å². The van der Waals surface area contributed by atoms with E-state index in [1.54, 1.807) is 6.92 Å². The van der Waals surface area contributed by atoms with E-state index in [1.807, 2.05) is 0 Å². The molecule has 2 aromatic rings. The average molecular weight is 284 g/mol. The monoisotopic (exact) mass is 284 g/mol. The first kappa shape index (κ1) is 14.4. The third-order valence-corrected chi connectivity index (χ3v) is 2.95. The number of aliphatic hydroxyl groups excluding tert-OH is 1. The molecule has 5 nitrogen and oxygen atoms in total. The standard InChI is InChI=1S/C13H14F2N2O3/c1-7(18)2-3-12-16-10-4-8(14)9(15)5-11(10)17(12)6-13(19)20/h4-5,7,18H,2-3,6H2,1H3,(H,19,20). The second-order valence-electron chi connectivity index (χ2n) is 4.65. The van der Waals surface area contributed by atoms with Gasteiger partial charge in [-0.3, -0.25) is 4.79 Å². The molecular formula is C13H14F2N2O3. The number of fused-ring (bicyclic) bond motifs is 1. The van der Waals surface area contributed by atoms with Gasteiger partial charge in [0.15, 0.2) is 11.6 Å². The van der Waals surface area contributed by atoms with Crippen LogP contribution in [-0.2, 0) is 17.8 Å². The Morgan fingerprint density at radius 2 is 2.05 bits per heavy atom. The van der Waals surface area contributed by atoms with Gasteiger partial charge in [-0.25, -0.2) is 13.8 Å². The molecule has 0 aliphatic carbocycles. The van der Waals surface area contributed by atoms with Crippen LogP contribution in [0.5, 0.6) is 0 Å². The van der Waals surface area contributed by atoms with Crippen LogP contribution in [0, 0.1) is 11.6 Å². The summed E-state index contributed by atoms with van der Waals surface area (Å²) >= 11 is 0. The molecule has 1 unspecified atom stereocenters. The molecule has 0 spiro atoms. The first-order valence-electron chi connectivity index (χ1n) is 6.12. The molecule has 0 radical (unpaired) electrons. The molecule has 0 amide bonds. The minimum Gasteiger partial charge on any atom is -0.480 e. The minimum atomic E-state index is -1.10. The number of carboxylic acids is 1. The minimum absolute atomic E-state index is 0.200. The van der Waals surface area contributed by atoms with E-state index in [2.05, 4.69) is 4.98 Å². The van der Waals surface area contributed by atoms with Gasteiger partial charge in [0.1, 0.15) is 12.4 Å².